The van der Waals surface area contributed by atoms with Crippen LogP contribution in [0.4, 0.5) is 0 Å². The molecule has 0 bridgehead atoms. The largest absolute Gasteiger partial charge is 0.395 e. The van der Waals surface area contributed by atoms with E-state index < -0.39 is 8.56 Å². The van der Waals surface area contributed by atoms with Crippen molar-refractivity contribution in [1.29, 1.82) is 0 Å². The fraction of sp³-hybridized carbons (Fsp3) is 1.00. The molecular weight excluding hydrogens is 276 g/mol. The zero-order valence-corrected chi connectivity index (χ0v) is 16.4. The summed E-state index contributed by atoms with van der Waals surface area (Å²) in [6.45, 7) is 12.9. The van der Waals surface area contributed by atoms with Crippen LogP contribution in [0.5, 0.6) is 0 Å². The molecule has 128 valence electrons. The van der Waals surface area contributed by atoms with Gasteiger partial charge in [0.25, 0.3) is 0 Å². The second-order valence-corrected chi connectivity index (χ2v) is 10.3. The predicted octanol–water partition coefficient (Wildman–Crippen LogP) is 6.30. The summed E-state index contributed by atoms with van der Waals surface area (Å²) in [6, 6.07) is 0. The first-order valence-corrected chi connectivity index (χ1v) is 12.1. The summed E-state index contributed by atoms with van der Waals surface area (Å²) in [7, 11) is -1.87. The molecule has 0 spiro atoms. The fourth-order valence-corrected chi connectivity index (χ4v) is 3.63. The molecular formula is C18H40O2Si. The van der Waals surface area contributed by atoms with Gasteiger partial charge in [-0.3, -0.25) is 0 Å². The third-order valence-electron chi connectivity index (χ3n) is 4.20. The summed E-state index contributed by atoms with van der Waals surface area (Å²) < 4.78 is 12.0. The lowest BCUT2D eigenvalue weighted by Crippen LogP contribution is -2.35. The second kappa shape index (κ2) is 13.8. The van der Waals surface area contributed by atoms with Gasteiger partial charge in [0.05, 0.1) is 0 Å². The molecule has 3 heteroatoms. The second-order valence-electron chi connectivity index (χ2n) is 6.87. The van der Waals surface area contributed by atoms with Crippen LogP contribution in [-0.2, 0) is 8.85 Å². The average Bonchev–Trinajstić information content (AvgIpc) is 2.45. The van der Waals surface area contributed by atoms with Crippen molar-refractivity contribution in [3.63, 3.8) is 0 Å². The molecule has 0 amide bonds. The normalized spacial score (nSPS) is 13.6. The van der Waals surface area contributed by atoms with Crippen LogP contribution in [0.25, 0.3) is 0 Å². The SMILES string of the molecule is CCCCCCCCCCO[Si](C)(C)OCCC(C)CC. The van der Waals surface area contributed by atoms with Crippen LogP contribution in [-0.4, -0.2) is 21.8 Å². The third kappa shape index (κ3) is 14.8. The number of rotatable bonds is 15. The van der Waals surface area contributed by atoms with Crippen LogP contribution in [0.15, 0.2) is 0 Å². The highest BCUT2D eigenvalue weighted by Gasteiger charge is 2.24. The van der Waals surface area contributed by atoms with Crippen molar-refractivity contribution < 1.29 is 8.85 Å². The molecule has 0 saturated carbocycles. The summed E-state index contributed by atoms with van der Waals surface area (Å²) in [5.74, 6) is 0.766. The van der Waals surface area contributed by atoms with Crippen LogP contribution < -0.4 is 0 Å². The van der Waals surface area contributed by atoms with Gasteiger partial charge in [0.1, 0.15) is 0 Å². The fourth-order valence-electron chi connectivity index (χ4n) is 2.31. The zero-order valence-electron chi connectivity index (χ0n) is 15.4. The Bertz CT molecular complexity index is 219. The summed E-state index contributed by atoms with van der Waals surface area (Å²) in [5, 5.41) is 0. The van der Waals surface area contributed by atoms with Crippen LogP contribution in [0.1, 0.15) is 85.0 Å². The Morgan fingerprint density at radius 3 is 1.86 bits per heavy atom. The Labute approximate surface area is 135 Å². The monoisotopic (exact) mass is 316 g/mol. The molecule has 0 fully saturated rings. The molecule has 1 unspecified atom stereocenters. The van der Waals surface area contributed by atoms with Crippen molar-refractivity contribution in [2.45, 2.75) is 98.1 Å². The molecule has 0 aromatic heterocycles. The van der Waals surface area contributed by atoms with E-state index in [-0.39, 0.29) is 0 Å². The van der Waals surface area contributed by atoms with E-state index in [1.165, 1.54) is 57.8 Å². The maximum atomic E-state index is 6.01. The highest BCUT2D eigenvalue weighted by atomic mass is 28.4. The molecule has 0 rings (SSSR count). The van der Waals surface area contributed by atoms with Crippen molar-refractivity contribution in [2.75, 3.05) is 13.2 Å². The first kappa shape index (κ1) is 21.1. The van der Waals surface area contributed by atoms with E-state index in [1.54, 1.807) is 0 Å². The minimum atomic E-state index is -1.87. The molecule has 21 heavy (non-hydrogen) atoms. The summed E-state index contributed by atoms with van der Waals surface area (Å²) in [4.78, 5) is 0. The smallest absolute Gasteiger partial charge is 0.331 e. The number of hydrogen-bond acceptors (Lipinski definition) is 2. The Hall–Kier alpha value is 0.137. The lowest BCUT2D eigenvalue weighted by atomic mass is 10.1. The third-order valence-corrected chi connectivity index (χ3v) is 6.00. The van der Waals surface area contributed by atoms with E-state index in [1.807, 2.05) is 0 Å². The van der Waals surface area contributed by atoms with Gasteiger partial charge >= 0.3 is 8.56 Å². The molecule has 0 N–H and O–H groups in total. The molecule has 0 radical (unpaired) electrons. The van der Waals surface area contributed by atoms with E-state index >= 15 is 0 Å². The van der Waals surface area contributed by atoms with Crippen molar-refractivity contribution in [2.24, 2.45) is 5.92 Å². The molecule has 1 atom stereocenters. The van der Waals surface area contributed by atoms with E-state index in [2.05, 4.69) is 33.9 Å². The predicted molar refractivity (Wildman–Crippen MR) is 96.1 cm³/mol. The van der Waals surface area contributed by atoms with Crippen LogP contribution in [0, 0.1) is 5.92 Å². The summed E-state index contributed by atoms with van der Waals surface area (Å²) in [6.07, 6.45) is 13.2. The minimum Gasteiger partial charge on any atom is -0.395 e. The standard InChI is InChI=1S/C18H40O2Si/c1-6-8-9-10-11-12-13-14-16-19-21(4,5)20-17-15-18(3)7-2/h18H,6-17H2,1-5H3. The van der Waals surface area contributed by atoms with Gasteiger partial charge in [-0.15, -0.1) is 0 Å². The molecule has 0 aromatic rings. The number of hydrogen-bond donors (Lipinski definition) is 0. The maximum Gasteiger partial charge on any atom is 0.331 e. The van der Waals surface area contributed by atoms with Gasteiger partial charge in [0.2, 0.25) is 0 Å². The highest BCUT2D eigenvalue weighted by Crippen LogP contribution is 2.13. The van der Waals surface area contributed by atoms with Gasteiger partial charge in [-0.1, -0.05) is 72.1 Å². The topological polar surface area (TPSA) is 18.5 Å². The summed E-state index contributed by atoms with van der Waals surface area (Å²) >= 11 is 0. The van der Waals surface area contributed by atoms with E-state index in [0.29, 0.717) is 0 Å². The Kier molecular flexibility index (Phi) is 13.9. The molecule has 0 aliphatic rings. The van der Waals surface area contributed by atoms with Crippen molar-refractivity contribution >= 4 is 8.56 Å². The number of unbranched alkanes of at least 4 members (excludes halogenated alkanes) is 7. The van der Waals surface area contributed by atoms with Gasteiger partial charge < -0.3 is 8.85 Å². The van der Waals surface area contributed by atoms with Gasteiger partial charge in [-0.2, -0.15) is 0 Å². The van der Waals surface area contributed by atoms with Crippen molar-refractivity contribution in [1.82, 2.24) is 0 Å². The average molecular weight is 317 g/mol. The lowest BCUT2D eigenvalue weighted by molar-refractivity contribution is 0.166. The Morgan fingerprint density at radius 2 is 1.29 bits per heavy atom. The van der Waals surface area contributed by atoms with Crippen LogP contribution >= 0.6 is 0 Å². The molecule has 0 heterocycles. The van der Waals surface area contributed by atoms with Gasteiger partial charge in [0.15, 0.2) is 0 Å². The first-order valence-electron chi connectivity index (χ1n) is 9.29. The molecule has 0 saturated heterocycles. The summed E-state index contributed by atoms with van der Waals surface area (Å²) in [5.41, 5.74) is 0. The molecule has 0 aliphatic carbocycles. The van der Waals surface area contributed by atoms with Crippen LogP contribution in [0.3, 0.4) is 0 Å². The maximum absolute atomic E-state index is 6.01. The van der Waals surface area contributed by atoms with Gasteiger partial charge in [-0.05, 0) is 31.9 Å². The Morgan fingerprint density at radius 1 is 0.762 bits per heavy atom. The van der Waals surface area contributed by atoms with Gasteiger partial charge in [0, 0.05) is 13.2 Å². The van der Waals surface area contributed by atoms with Gasteiger partial charge in [-0.25, -0.2) is 0 Å². The quantitative estimate of drug-likeness (QED) is 0.261. The lowest BCUT2D eigenvalue weighted by Gasteiger charge is -2.23. The highest BCUT2D eigenvalue weighted by molar-refractivity contribution is 6.64. The first-order chi connectivity index (χ1) is 10.0. The van der Waals surface area contributed by atoms with Crippen molar-refractivity contribution in [3.8, 4) is 0 Å². The molecule has 2 nitrogen and oxygen atoms in total. The van der Waals surface area contributed by atoms with E-state index in [4.69, 9.17) is 8.85 Å². The van der Waals surface area contributed by atoms with E-state index in [0.717, 1.165) is 25.6 Å². The molecule has 0 aromatic carbocycles. The molecule has 0 aliphatic heterocycles. The minimum absolute atomic E-state index is 0.766. The van der Waals surface area contributed by atoms with E-state index in [9.17, 15) is 0 Å². The zero-order chi connectivity index (χ0) is 16.0. The van der Waals surface area contributed by atoms with Crippen LogP contribution in [0.2, 0.25) is 13.1 Å². The van der Waals surface area contributed by atoms with Crippen molar-refractivity contribution in [3.05, 3.63) is 0 Å². The Balaban J connectivity index is 3.40.